The minimum atomic E-state index is -0.719. The first-order valence-electron chi connectivity index (χ1n) is 12.0. The zero-order valence-corrected chi connectivity index (χ0v) is 21.0. The lowest BCUT2D eigenvalue weighted by atomic mass is 9.88. The number of carbonyl (C=O) groups excluding carboxylic acids is 2. The molecule has 1 heterocycles. The zero-order valence-electron chi connectivity index (χ0n) is 21.0. The standard InChI is InChI=1S/C29H27N5O5/c1-3-38-16-19-11-12-21(14-20(19)17-39-4-2)32-29(37)24-15-18-8-5-6-9-22(18)25(26(24)35)33-34-28-23(27(30)36)10-7-13-31-28/h3-15,19-20,35H,1-2,16-17H2,(H2,30,36)(H,32,37). The van der Waals surface area contributed by atoms with Gasteiger partial charge in [-0.25, -0.2) is 4.98 Å². The summed E-state index contributed by atoms with van der Waals surface area (Å²) >= 11 is 0. The van der Waals surface area contributed by atoms with Crippen LogP contribution >= 0.6 is 0 Å². The Morgan fingerprint density at radius 1 is 1.05 bits per heavy atom. The molecule has 0 saturated carbocycles. The number of azo groups is 1. The fourth-order valence-electron chi connectivity index (χ4n) is 4.13. The van der Waals surface area contributed by atoms with Crippen LogP contribution in [0.15, 0.2) is 108 Å². The minimum Gasteiger partial charge on any atom is -0.505 e. The Hall–Kier alpha value is -5.25. The van der Waals surface area contributed by atoms with Crippen molar-refractivity contribution in [3.63, 3.8) is 0 Å². The molecule has 10 nitrogen and oxygen atoms in total. The number of hydrogen-bond acceptors (Lipinski definition) is 8. The summed E-state index contributed by atoms with van der Waals surface area (Å²) in [5.41, 5.74) is 6.05. The van der Waals surface area contributed by atoms with Gasteiger partial charge in [-0.05, 0) is 29.7 Å². The molecule has 0 spiro atoms. The maximum absolute atomic E-state index is 13.3. The van der Waals surface area contributed by atoms with Gasteiger partial charge < -0.3 is 25.6 Å². The highest BCUT2D eigenvalue weighted by molar-refractivity contribution is 6.07. The van der Waals surface area contributed by atoms with Crippen LogP contribution in [0.1, 0.15) is 20.7 Å². The van der Waals surface area contributed by atoms with Gasteiger partial charge in [0.15, 0.2) is 11.6 Å². The van der Waals surface area contributed by atoms with Crippen LogP contribution in [0.2, 0.25) is 0 Å². The number of phenolic OH excluding ortho intramolecular Hbond substituents is 1. The molecule has 1 aliphatic carbocycles. The molecule has 3 aromatic rings. The number of aromatic hydroxyl groups is 1. The van der Waals surface area contributed by atoms with E-state index in [1.807, 2.05) is 12.2 Å². The molecule has 0 bridgehead atoms. The number of nitrogens with one attached hydrogen (secondary N) is 1. The van der Waals surface area contributed by atoms with Crippen molar-refractivity contribution >= 4 is 34.1 Å². The molecule has 198 valence electrons. The molecule has 39 heavy (non-hydrogen) atoms. The van der Waals surface area contributed by atoms with Crippen molar-refractivity contribution in [3.8, 4) is 5.75 Å². The number of phenols is 1. The second kappa shape index (κ2) is 12.3. The topological polar surface area (TPSA) is 148 Å². The zero-order chi connectivity index (χ0) is 27.8. The van der Waals surface area contributed by atoms with E-state index in [9.17, 15) is 14.7 Å². The van der Waals surface area contributed by atoms with Crippen LogP contribution < -0.4 is 11.1 Å². The fourth-order valence-corrected chi connectivity index (χ4v) is 4.13. The molecule has 2 unspecified atom stereocenters. The lowest BCUT2D eigenvalue weighted by Crippen LogP contribution is -2.28. The molecule has 4 rings (SSSR count). The van der Waals surface area contributed by atoms with Gasteiger partial charge in [-0.15, -0.1) is 10.2 Å². The summed E-state index contributed by atoms with van der Waals surface area (Å²) in [6.45, 7) is 7.89. The lowest BCUT2D eigenvalue weighted by Gasteiger charge is -2.25. The molecule has 1 aromatic heterocycles. The van der Waals surface area contributed by atoms with E-state index in [1.165, 1.54) is 24.8 Å². The van der Waals surface area contributed by atoms with E-state index in [0.717, 1.165) is 0 Å². The third-order valence-electron chi connectivity index (χ3n) is 6.07. The minimum absolute atomic E-state index is 0.00146. The number of rotatable bonds is 11. The monoisotopic (exact) mass is 525 g/mol. The smallest absolute Gasteiger partial charge is 0.259 e. The van der Waals surface area contributed by atoms with E-state index in [2.05, 4.69) is 33.7 Å². The van der Waals surface area contributed by atoms with Gasteiger partial charge in [0.2, 0.25) is 0 Å². The predicted molar refractivity (Wildman–Crippen MR) is 147 cm³/mol. The highest BCUT2D eigenvalue weighted by Crippen LogP contribution is 2.39. The van der Waals surface area contributed by atoms with E-state index >= 15 is 0 Å². The maximum Gasteiger partial charge on any atom is 0.259 e. The quantitative estimate of drug-likeness (QED) is 0.232. The number of benzene rings is 2. The Bertz CT molecular complexity index is 1510. The number of pyridine rings is 1. The number of fused-ring (bicyclic) bond motifs is 1. The van der Waals surface area contributed by atoms with Gasteiger partial charge in [0.25, 0.3) is 11.8 Å². The SMILES string of the molecule is C=COCC1C=CC(NC(=O)c2cc3ccccc3c(N=Nc3ncccc3C(N)=O)c2O)=CC1COC=C. The lowest BCUT2D eigenvalue weighted by molar-refractivity contribution is 0.0961. The Morgan fingerprint density at radius 3 is 2.54 bits per heavy atom. The summed E-state index contributed by atoms with van der Waals surface area (Å²) in [4.78, 5) is 29.1. The third kappa shape index (κ3) is 6.19. The first-order valence-corrected chi connectivity index (χ1v) is 12.0. The number of primary amides is 1. The summed E-state index contributed by atoms with van der Waals surface area (Å²) < 4.78 is 10.7. The van der Waals surface area contributed by atoms with E-state index in [-0.39, 0.29) is 40.2 Å². The Kier molecular flexibility index (Phi) is 8.47. The predicted octanol–water partition coefficient (Wildman–Crippen LogP) is 5.19. The van der Waals surface area contributed by atoms with E-state index in [1.54, 1.807) is 42.5 Å². The van der Waals surface area contributed by atoms with Crippen LogP contribution in [0.3, 0.4) is 0 Å². The summed E-state index contributed by atoms with van der Waals surface area (Å²) in [5, 5.41) is 23.4. The number of aromatic nitrogens is 1. The molecule has 0 fully saturated rings. The van der Waals surface area contributed by atoms with Crippen LogP contribution in [0.4, 0.5) is 11.5 Å². The van der Waals surface area contributed by atoms with Gasteiger partial charge in [0.05, 0.1) is 36.9 Å². The highest BCUT2D eigenvalue weighted by Gasteiger charge is 2.24. The number of nitrogens with two attached hydrogens (primary N) is 1. The van der Waals surface area contributed by atoms with Gasteiger partial charge in [-0.1, -0.05) is 49.6 Å². The average molecular weight is 526 g/mol. The fraction of sp³-hybridized carbons (Fsp3) is 0.138. The first kappa shape index (κ1) is 26.8. The second-order valence-corrected chi connectivity index (χ2v) is 8.54. The van der Waals surface area contributed by atoms with Gasteiger partial charge in [0, 0.05) is 29.1 Å². The Morgan fingerprint density at radius 2 is 1.79 bits per heavy atom. The summed E-state index contributed by atoms with van der Waals surface area (Å²) in [7, 11) is 0. The second-order valence-electron chi connectivity index (χ2n) is 8.54. The molecular formula is C29H27N5O5. The summed E-state index contributed by atoms with van der Waals surface area (Å²) in [6.07, 6.45) is 9.72. The number of nitrogens with zero attached hydrogens (tertiary/aromatic N) is 3. The molecule has 0 radical (unpaired) electrons. The van der Waals surface area contributed by atoms with Gasteiger partial charge >= 0.3 is 0 Å². The molecule has 2 atom stereocenters. The van der Waals surface area contributed by atoms with E-state index < -0.39 is 11.8 Å². The highest BCUT2D eigenvalue weighted by atomic mass is 16.5. The van der Waals surface area contributed by atoms with Crippen molar-refractivity contribution < 1.29 is 24.2 Å². The van der Waals surface area contributed by atoms with Gasteiger partial charge in [-0.2, -0.15) is 0 Å². The molecule has 4 N–H and O–H groups in total. The molecule has 1 aliphatic rings. The van der Waals surface area contributed by atoms with Gasteiger partial charge in [-0.3, -0.25) is 9.59 Å². The normalized spacial score (nSPS) is 16.5. The molecule has 0 saturated heterocycles. The Labute approximate surface area is 224 Å². The van der Waals surface area contributed by atoms with Crippen LogP contribution in [0.25, 0.3) is 10.8 Å². The molecule has 0 aliphatic heterocycles. The van der Waals surface area contributed by atoms with Crippen molar-refractivity contribution in [2.24, 2.45) is 27.8 Å². The van der Waals surface area contributed by atoms with Gasteiger partial charge in [0.1, 0.15) is 5.69 Å². The van der Waals surface area contributed by atoms with Crippen LogP contribution in [0.5, 0.6) is 5.75 Å². The first-order chi connectivity index (χ1) is 18.9. The van der Waals surface area contributed by atoms with Crippen molar-refractivity contribution in [2.75, 3.05) is 13.2 Å². The third-order valence-corrected chi connectivity index (χ3v) is 6.07. The van der Waals surface area contributed by atoms with Crippen molar-refractivity contribution in [2.45, 2.75) is 0 Å². The number of hydrogen-bond donors (Lipinski definition) is 3. The number of carbonyl (C=O) groups is 2. The molecule has 2 aromatic carbocycles. The van der Waals surface area contributed by atoms with Crippen molar-refractivity contribution in [1.29, 1.82) is 0 Å². The van der Waals surface area contributed by atoms with Crippen LogP contribution in [-0.2, 0) is 9.47 Å². The molecule has 2 amide bonds. The van der Waals surface area contributed by atoms with Crippen LogP contribution in [-0.4, -0.2) is 35.1 Å². The average Bonchev–Trinajstić information content (AvgIpc) is 2.94. The summed E-state index contributed by atoms with van der Waals surface area (Å²) in [6, 6.07) is 11.7. The van der Waals surface area contributed by atoms with Crippen LogP contribution in [0, 0.1) is 11.8 Å². The number of amides is 2. The maximum atomic E-state index is 13.3. The van der Waals surface area contributed by atoms with E-state index in [4.69, 9.17) is 15.2 Å². The molecular weight excluding hydrogens is 498 g/mol. The largest absolute Gasteiger partial charge is 0.505 e. The number of allylic oxidation sites excluding steroid dienone is 1. The molecule has 10 heteroatoms. The number of ether oxygens (including phenoxy) is 2. The Balaban J connectivity index is 1.67. The summed E-state index contributed by atoms with van der Waals surface area (Å²) in [5.74, 6) is -1.76. The van der Waals surface area contributed by atoms with Crippen molar-refractivity contribution in [1.82, 2.24) is 10.3 Å². The van der Waals surface area contributed by atoms with Crippen molar-refractivity contribution in [3.05, 3.63) is 109 Å². The van der Waals surface area contributed by atoms with E-state index in [0.29, 0.717) is 29.7 Å².